The summed E-state index contributed by atoms with van der Waals surface area (Å²) in [6.07, 6.45) is 4.01. The van der Waals surface area contributed by atoms with Crippen LogP contribution in [0.25, 0.3) is 0 Å². The number of hydrogen-bond donors (Lipinski definition) is 1. The molecule has 0 radical (unpaired) electrons. The van der Waals surface area contributed by atoms with E-state index in [0.29, 0.717) is 5.56 Å². The van der Waals surface area contributed by atoms with Gasteiger partial charge >= 0.3 is 5.97 Å². The Kier molecular flexibility index (Phi) is 4.04. The molecule has 0 fully saturated rings. The van der Waals surface area contributed by atoms with E-state index in [-0.39, 0.29) is 12.5 Å². The van der Waals surface area contributed by atoms with Gasteiger partial charge in [-0.15, -0.1) is 0 Å². The second-order valence-corrected chi connectivity index (χ2v) is 3.55. The molecule has 16 heavy (non-hydrogen) atoms. The van der Waals surface area contributed by atoms with E-state index >= 15 is 0 Å². The second kappa shape index (κ2) is 5.29. The number of aryl methyl sites for hydroxylation is 1. The van der Waals surface area contributed by atoms with E-state index in [2.05, 4.69) is 5.10 Å². The summed E-state index contributed by atoms with van der Waals surface area (Å²) in [6, 6.07) is 0. The number of aliphatic carboxylic acids is 1. The maximum Gasteiger partial charge on any atom is 0.323 e. The molecule has 88 valence electrons. The van der Waals surface area contributed by atoms with Crippen LogP contribution in [0.1, 0.15) is 23.7 Å². The molecular formula is C10H15N3O3. The number of nitrogens with zero attached hydrogens (tertiary/aromatic N) is 3. The summed E-state index contributed by atoms with van der Waals surface area (Å²) in [5.41, 5.74) is 0.414. The lowest BCUT2D eigenvalue weighted by atomic mass is 10.3. The highest BCUT2D eigenvalue weighted by molar-refractivity contribution is 5.95. The fourth-order valence-corrected chi connectivity index (χ4v) is 1.32. The summed E-state index contributed by atoms with van der Waals surface area (Å²) in [6.45, 7) is 2.45. The van der Waals surface area contributed by atoms with Crippen molar-refractivity contribution in [1.82, 2.24) is 14.7 Å². The van der Waals surface area contributed by atoms with Crippen molar-refractivity contribution in [3.05, 3.63) is 18.0 Å². The van der Waals surface area contributed by atoms with Crippen molar-refractivity contribution < 1.29 is 14.7 Å². The Morgan fingerprint density at radius 2 is 2.25 bits per heavy atom. The predicted molar refractivity (Wildman–Crippen MR) is 57.1 cm³/mol. The zero-order valence-electron chi connectivity index (χ0n) is 9.38. The van der Waals surface area contributed by atoms with Crippen LogP contribution < -0.4 is 0 Å². The van der Waals surface area contributed by atoms with Crippen molar-refractivity contribution in [3.8, 4) is 0 Å². The van der Waals surface area contributed by atoms with Crippen LogP contribution >= 0.6 is 0 Å². The average molecular weight is 225 g/mol. The number of hydrogen-bond acceptors (Lipinski definition) is 3. The standard InChI is InChI=1S/C10H15N3O3/c1-3-4-13-6-8(5-11-13)10(16)12(2)7-9(14)15/h5-6H,3-4,7H2,1-2H3,(H,14,15). The van der Waals surface area contributed by atoms with Gasteiger partial charge in [0.25, 0.3) is 5.91 Å². The maximum atomic E-state index is 11.7. The van der Waals surface area contributed by atoms with Crippen molar-refractivity contribution in [3.63, 3.8) is 0 Å². The SMILES string of the molecule is CCCn1cc(C(=O)N(C)CC(=O)O)cn1. The smallest absolute Gasteiger partial charge is 0.323 e. The highest BCUT2D eigenvalue weighted by Gasteiger charge is 2.15. The summed E-state index contributed by atoms with van der Waals surface area (Å²) in [5.74, 6) is -1.36. The first-order chi connectivity index (χ1) is 7.54. The largest absolute Gasteiger partial charge is 0.480 e. The minimum Gasteiger partial charge on any atom is -0.480 e. The minimum absolute atomic E-state index is 0.308. The van der Waals surface area contributed by atoms with Crippen molar-refractivity contribution in [2.45, 2.75) is 19.9 Å². The number of carbonyl (C=O) groups excluding carboxylic acids is 1. The highest BCUT2D eigenvalue weighted by atomic mass is 16.4. The highest BCUT2D eigenvalue weighted by Crippen LogP contribution is 2.02. The zero-order chi connectivity index (χ0) is 12.1. The fraction of sp³-hybridized carbons (Fsp3) is 0.500. The van der Waals surface area contributed by atoms with Crippen LogP contribution in [0.2, 0.25) is 0 Å². The predicted octanol–water partition coefficient (Wildman–Crippen LogP) is 0.450. The number of likely N-dealkylation sites (N-methyl/N-ethyl adjacent to an activating group) is 1. The van der Waals surface area contributed by atoms with Gasteiger partial charge in [0.2, 0.25) is 0 Å². The lowest BCUT2D eigenvalue weighted by Crippen LogP contribution is -2.31. The van der Waals surface area contributed by atoms with E-state index in [1.807, 2.05) is 6.92 Å². The molecular weight excluding hydrogens is 210 g/mol. The molecule has 0 aliphatic heterocycles. The monoisotopic (exact) mass is 225 g/mol. The Morgan fingerprint density at radius 3 is 2.81 bits per heavy atom. The zero-order valence-corrected chi connectivity index (χ0v) is 9.38. The van der Waals surface area contributed by atoms with Gasteiger partial charge in [0.1, 0.15) is 6.54 Å². The van der Waals surface area contributed by atoms with Crippen LogP contribution in [0.3, 0.4) is 0 Å². The van der Waals surface area contributed by atoms with Crippen LogP contribution in [0.5, 0.6) is 0 Å². The molecule has 0 atom stereocenters. The summed E-state index contributed by atoms with van der Waals surface area (Å²) in [7, 11) is 1.45. The molecule has 0 saturated heterocycles. The average Bonchev–Trinajstić information content (AvgIpc) is 2.64. The molecule has 1 amide bonds. The third kappa shape index (κ3) is 3.08. The van der Waals surface area contributed by atoms with Crippen LogP contribution in [-0.4, -0.2) is 45.3 Å². The number of rotatable bonds is 5. The molecule has 6 nitrogen and oxygen atoms in total. The molecule has 1 aromatic rings. The molecule has 0 aliphatic rings. The fourth-order valence-electron chi connectivity index (χ4n) is 1.32. The first-order valence-corrected chi connectivity index (χ1v) is 5.04. The maximum absolute atomic E-state index is 11.7. The Bertz CT molecular complexity index is 386. The van der Waals surface area contributed by atoms with Gasteiger partial charge in [0, 0.05) is 19.8 Å². The van der Waals surface area contributed by atoms with Crippen LogP contribution in [0, 0.1) is 0 Å². The van der Waals surface area contributed by atoms with E-state index < -0.39 is 5.97 Å². The number of amides is 1. The molecule has 0 aliphatic carbocycles. The van der Waals surface area contributed by atoms with Crippen LogP contribution in [-0.2, 0) is 11.3 Å². The molecule has 1 aromatic heterocycles. The first kappa shape index (κ1) is 12.2. The quantitative estimate of drug-likeness (QED) is 0.789. The molecule has 0 spiro atoms. The van der Waals surface area contributed by atoms with Gasteiger partial charge in [-0.05, 0) is 6.42 Å². The van der Waals surface area contributed by atoms with E-state index in [1.165, 1.54) is 13.2 Å². The number of carboxylic acids is 1. The Labute approximate surface area is 93.5 Å². The molecule has 0 aromatic carbocycles. The molecule has 6 heteroatoms. The van der Waals surface area contributed by atoms with Gasteiger partial charge in [0.15, 0.2) is 0 Å². The summed E-state index contributed by atoms with van der Waals surface area (Å²) >= 11 is 0. The lowest BCUT2D eigenvalue weighted by molar-refractivity contribution is -0.137. The van der Waals surface area contributed by atoms with Gasteiger partial charge in [-0.2, -0.15) is 5.10 Å². The topological polar surface area (TPSA) is 75.4 Å². The summed E-state index contributed by atoms with van der Waals surface area (Å²) in [4.78, 5) is 23.3. The third-order valence-electron chi connectivity index (χ3n) is 2.05. The van der Waals surface area contributed by atoms with Gasteiger partial charge in [-0.25, -0.2) is 0 Å². The Hall–Kier alpha value is -1.85. The van der Waals surface area contributed by atoms with Gasteiger partial charge in [0.05, 0.1) is 11.8 Å². The molecule has 1 rings (SSSR count). The van der Waals surface area contributed by atoms with Crippen LogP contribution in [0.4, 0.5) is 0 Å². The Balaban J connectivity index is 2.68. The first-order valence-electron chi connectivity index (χ1n) is 5.04. The Morgan fingerprint density at radius 1 is 1.56 bits per heavy atom. The third-order valence-corrected chi connectivity index (χ3v) is 2.05. The molecule has 0 bridgehead atoms. The summed E-state index contributed by atoms with van der Waals surface area (Å²) < 4.78 is 1.67. The van der Waals surface area contributed by atoms with E-state index in [9.17, 15) is 9.59 Å². The molecule has 0 saturated carbocycles. The van der Waals surface area contributed by atoms with Crippen molar-refractivity contribution in [2.24, 2.45) is 0 Å². The lowest BCUT2D eigenvalue weighted by Gasteiger charge is -2.12. The second-order valence-electron chi connectivity index (χ2n) is 3.55. The van der Waals surface area contributed by atoms with E-state index in [4.69, 9.17) is 5.11 Å². The normalized spacial score (nSPS) is 10.1. The van der Waals surface area contributed by atoms with Crippen molar-refractivity contribution in [1.29, 1.82) is 0 Å². The number of aromatic nitrogens is 2. The number of carboxylic acid groups (broad SMARTS) is 1. The molecule has 1 heterocycles. The van der Waals surface area contributed by atoms with E-state index in [1.54, 1.807) is 10.9 Å². The van der Waals surface area contributed by atoms with Crippen LogP contribution in [0.15, 0.2) is 12.4 Å². The molecule has 0 unspecified atom stereocenters. The van der Waals surface area contributed by atoms with Gasteiger partial charge in [-0.3, -0.25) is 14.3 Å². The minimum atomic E-state index is -1.03. The number of carbonyl (C=O) groups is 2. The van der Waals surface area contributed by atoms with Gasteiger partial charge in [-0.1, -0.05) is 6.92 Å². The van der Waals surface area contributed by atoms with Gasteiger partial charge < -0.3 is 10.0 Å². The van der Waals surface area contributed by atoms with E-state index in [0.717, 1.165) is 17.9 Å². The van der Waals surface area contributed by atoms with Crippen molar-refractivity contribution >= 4 is 11.9 Å². The summed E-state index contributed by atoms with van der Waals surface area (Å²) in [5, 5.41) is 12.6. The van der Waals surface area contributed by atoms with Crippen molar-refractivity contribution in [2.75, 3.05) is 13.6 Å². The molecule has 1 N–H and O–H groups in total.